The summed E-state index contributed by atoms with van der Waals surface area (Å²) in [5, 5.41) is 10.1. The van der Waals surface area contributed by atoms with Gasteiger partial charge >= 0.3 is 0 Å². The van der Waals surface area contributed by atoms with Gasteiger partial charge in [0.2, 0.25) is 0 Å². The summed E-state index contributed by atoms with van der Waals surface area (Å²) in [7, 11) is 0. The fraction of sp³-hybridized carbons (Fsp3) is 0.0769. The third-order valence-corrected chi connectivity index (χ3v) is 4.11. The zero-order valence-corrected chi connectivity index (χ0v) is 12.4. The molecule has 0 spiro atoms. The van der Waals surface area contributed by atoms with Gasteiger partial charge in [0.1, 0.15) is 17.7 Å². The van der Waals surface area contributed by atoms with Crippen molar-refractivity contribution in [2.45, 2.75) is 6.10 Å². The first-order valence-corrected chi connectivity index (χ1v) is 6.73. The highest BCUT2D eigenvalue weighted by molar-refractivity contribution is 9.10. The molecule has 6 heteroatoms. The van der Waals surface area contributed by atoms with Crippen molar-refractivity contribution in [3.8, 4) is 0 Å². The van der Waals surface area contributed by atoms with Crippen molar-refractivity contribution < 1.29 is 13.9 Å². The highest BCUT2D eigenvalue weighted by Gasteiger charge is 2.21. The van der Waals surface area contributed by atoms with E-state index in [-0.39, 0.29) is 21.2 Å². The Hall–Kier alpha value is -0.680. The van der Waals surface area contributed by atoms with Gasteiger partial charge in [0.15, 0.2) is 0 Å². The van der Waals surface area contributed by atoms with Crippen molar-refractivity contribution in [1.29, 1.82) is 0 Å². The minimum atomic E-state index is -1.46. The first-order chi connectivity index (χ1) is 8.91. The van der Waals surface area contributed by atoms with E-state index in [4.69, 9.17) is 23.2 Å². The lowest BCUT2D eigenvalue weighted by atomic mass is 10.0. The van der Waals surface area contributed by atoms with E-state index in [1.807, 2.05) is 0 Å². The van der Waals surface area contributed by atoms with Crippen molar-refractivity contribution in [2.24, 2.45) is 0 Å². The van der Waals surface area contributed by atoms with Gasteiger partial charge in [-0.2, -0.15) is 0 Å². The molecule has 0 heterocycles. The number of rotatable bonds is 2. The van der Waals surface area contributed by atoms with E-state index in [0.29, 0.717) is 4.47 Å². The molecule has 0 radical (unpaired) electrons. The average Bonchev–Trinajstić information content (AvgIpc) is 2.35. The second-order valence-corrected chi connectivity index (χ2v) is 5.50. The smallest absolute Gasteiger partial charge is 0.149 e. The number of hydrogen-bond acceptors (Lipinski definition) is 1. The maximum Gasteiger partial charge on any atom is 0.149 e. The Balaban J connectivity index is 2.50. The van der Waals surface area contributed by atoms with E-state index < -0.39 is 17.7 Å². The van der Waals surface area contributed by atoms with Gasteiger partial charge in [0.25, 0.3) is 0 Å². The second kappa shape index (κ2) is 5.75. The lowest BCUT2D eigenvalue weighted by Crippen LogP contribution is -2.05. The van der Waals surface area contributed by atoms with Crippen LogP contribution in [0.2, 0.25) is 10.0 Å². The zero-order chi connectivity index (χ0) is 14.2. The predicted molar refractivity (Wildman–Crippen MR) is 74.6 cm³/mol. The van der Waals surface area contributed by atoms with E-state index in [1.165, 1.54) is 24.3 Å². The lowest BCUT2D eigenvalue weighted by Gasteiger charge is -2.14. The molecule has 1 nitrogen and oxygen atoms in total. The van der Waals surface area contributed by atoms with Crippen LogP contribution < -0.4 is 0 Å². The lowest BCUT2D eigenvalue weighted by molar-refractivity contribution is 0.210. The topological polar surface area (TPSA) is 20.2 Å². The molecule has 2 aromatic carbocycles. The van der Waals surface area contributed by atoms with Crippen LogP contribution in [0.3, 0.4) is 0 Å². The van der Waals surface area contributed by atoms with E-state index in [2.05, 4.69) is 15.9 Å². The molecule has 0 bridgehead atoms. The van der Waals surface area contributed by atoms with Crippen LogP contribution in [0.1, 0.15) is 17.2 Å². The normalized spacial score (nSPS) is 12.5. The van der Waals surface area contributed by atoms with E-state index >= 15 is 0 Å². The SMILES string of the molecule is OC(c1ccc(Cl)cc1F)c1ccc(Br)c(Cl)c1F. The number of aliphatic hydroxyl groups excluding tert-OH is 1. The van der Waals surface area contributed by atoms with Gasteiger partial charge in [-0.25, -0.2) is 8.78 Å². The van der Waals surface area contributed by atoms with Crippen LogP contribution in [0.5, 0.6) is 0 Å². The Kier molecular flexibility index (Phi) is 4.46. The molecule has 0 amide bonds. The van der Waals surface area contributed by atoms with Crippen LogP contribution in [0, 0.1) is 11.6 Å². The van der Waals surface area contributed by atoms with Crippen molar-refractivity contribution in [1.82, 2.24) is 0 Å². The monoisotopic (exact) mass is 366 g/mol. The van der Waals surface area contributed by atoms with Crippen LogP contribution in [-0.4, -0.2) is 5.11 Å². The summed E-state index contributed by atoms with van der Waals surface area (Å²) < 4.78 is 28.0. The number of aliphatic hydroxyl groups is 1. The summed E-state index contributed by atoms with van der Waals surface area (Å²) in [6.07, 6.45) is -1.46. The predicted octanol–water partition coefficient (Wildman–Crippen LogP) is 5.12. The van der Waals surface area contributed by atoms with Crippen LogP contribution >= 0.6 is 39.1 Å². The van der Waals surface area contributed by atoms with Gasteiger partial charge in [-0.05, 0) is 34.1 Å². The fourth-order valence-electron chi connectivity index (χ4n) is 1.64. The second-order valence-electron chi connectivity index (χ2n) is 3.83. The molecule has 19 heavy (non-hydrogen) atoms. The maximum atomic E-state index is 13.9. The van der Waals surface area contributed by atoms with E-state index in [1.54, 1.807) is 0 Å². The first-order valence-electron chi connectivity index (χ1n) is 5.18. The van der Waals surface area contributed by atoms with Crippen LogP contribution in [-0.2, 0) is 0 Å². The summed E-state index contributed by atoms with van der Waals surface area (Å²) in [5.74, 6) is -1.50. The summed E-state index contributed by atoms with van der Waals surface area (Å²) in [6, 6.07) is 6.60. The molecule has 1 N–H and O–H groups in total. The molecule has 0 aromatic heterocycles. The molecule has 100 valence electrons. The van der Waals surface area contributed by atoms with Crippen molar-refractivity contribution >= 4 is 39.1 Å². The number of hydrogen-bond donors (Lipinski definition) is 1. The van der Waals surface area contributed by atoms with Crippen molar-refractivity contribution in [3.63, 3.8) is 0 Å². The van der Waals surface area contributed by atoms with Gasteiger partial charge in [-0.15, -0.1) is 0 Å². The molecule has 0 fully saturated rings. The Morgan fingerprint density at radius 2 is 1.68 bits per heavy atom. The largest absolute Gasteiger partial charge is 0.383 e. The van der Waals surface area contributed by atoms with Gasteiger partial charge in [-0.1, -0.05) is 35.3 Å². The first kappa shape index (κ1) is 14.7. The molecule has 0 aliphatic carbocycles. The molecule has 2 rings (SSSR count). The maximum absolute atomic E-state index is 13.9. The van der Waals surface area contributed by atoms with Crippen LogP contribution in [0.25, 0.3) is 0 Å². The molecule has 1 unspecified atom stereocenters. The van der Waals surface area contributed by atoms with Gasteiger partial charge in [0, 0.05) is 20.6 Å². The minimum absolute atomic E-state index is 0.0679. The molecule has 0 saturated carbocycles. The van der Waals surface area contributed by atoms with E-state index in [9.17, 15) is 13.9 Å². The quantitative estimate of drug-likeness (QED) is 0.730. The summed E-state index contributed by atoms with van der Waals surface area (Å²) >= 11 is 14.4. The molecule has 1 atom stereocenters. The third-order valence-electron chi connectivity index (χ3n) is 2.62. The summed E-state index contributed by atoms with van der Waals surface area (Å²) in [4.78, 5) is 0. The Morgan fingerprint density at radius 3 is 2.32 bits per heavy atom. The Morgan fingerprint density at radius 1 is 1.05 bits per heavy atom. The standard InChI is InChI=1S/C13H7BrCl2F2O/c14-9-4-3-8(12(18)11(9)16)13(19)7-2-1-6(15)5-10(7)17/h1-5,13,19H. The van der Waals surface area contributed by atoms with Crippen molar-refractivity contribution in [2.75, 3.05) is 0 Å². The summed E-state index contributed by atoms with van der Waals surface area (Å²) in [6.45, 7) is 0. The zero-order valence-electron chi connectivity index (χ0n) is 9.30. The highest BCUT2D eigenvalue weighted by Crippen LogP contribution is 2.34. The summed E-state index contributed by atoms with van der Waals surface area (Å²) in [5.41, 5.74) is -0.170. The molecule has 2 aromatic rings. The van der Waals surface area contributed by atoms with Crippen molar-refractivity contribution in [3.05, 3.63) is 67.6 Å². The number of benzene rings is 2. The molecule has 0 aliphatic rings. The Bertz CT molecular complexity index is 634. The van der Waals surface area contributed by atoms with E-state index in [0.717, 1.165) is 6.07 Å². The molecular formula is C13H7BrCl2F2O. The third kappa shape index (κ3) is 2.92. The van der Waals surface area contributed by atoms with Crippen LogP contribution in [0.4, 0.5) is 8.78 Å². The van der Waals surface area contributed by atoms with Gasteiger partial charge < -0.3 is 5.11 Å². The van der Waals surface area contributed by atoms with Gasteiger partial charge in [0.05, 0.1) is 5.02 Å². The molecular weight excluding hydrogens is 361 g/mol. The van der Waals surface area contributed by atoms with Gasteiger partial charge in [-0.3, -0.25) is 0 Å². The molecule has 0 saturated heterocycles. The number of halogens is 5. The van der Waals surface area contributed by atoms with Crippen LogP contribution in [0.15, 0.2) is 34.8 Å². The highest BCUT2D eigenvalue weighted by atomic mass is 79.9. The Labute approximate surface area is 126 Å². The average molecular weight is 368 g/mol. The fourth-order valence-corrected chi connectivity index (χ4v) is 2.28. The minimum Gasteiger partial charge on any atom is -0.383 e. The molecule has 0 aliphatic heterocycles.